The van der Waals surface area contributed by atoms with Gasteiger partial charge in [-0.05, 0) is 19.3 Å². The number of morpholine rings is 1. The molecule has 2 amide bonds. The lowest BCUT2D eigenvalue weighted by Gasteiger charge is -2.35. The van der Waals surface area contributed by atoms with Crippen LogP contribution >= 0.6 is 11.3 Å². The van der Waals surface area contributed by atoms with Crippen LogP contribution in [0.5, 0.6) is 0 Å². The highest BCUT2D eigenvalue weighted by Gasteiger charge is 2.22. The number of aromatic nitrogens is 2. The van der Waals surface area contributed by atoms with E-state index < -0.39 is 0 Å². The van der Waals surface area contributed by atoms with Gasteiger partial charge in [-0.15, -0.1) is 10.2 Å². The van der Waals surface area contributed by atoms with Crippen LogP contribution in [0, 0.1) is 12.8 Å². The Kier molecular flexibility index (Phi) is 6.53. The third kappa shape index (κ3) is 5.51. The summed E-state index contributed by atoms with van der Waals surface area (Å²) in [5.41, 5.74) is 0. The smallest absolute Gasteiger partial charge is 0.321 e. The van der Waals surface area contributed by atoms with Gasteiger partial charge in [0.1, 0.15) is 5.01 Å². The third-order valence-corrected chi connectivity index (χ3v) is 4.30. The molecule has 0 radical (unpaired) electrons. The van der Waals surface area contributed by atoms with Gasteiger partial charge >= 0.3 is 6.03 Å². The summed E-state index contributed by atoms with van der Waals surface area (Å²) in [4.78, 5) is 14.4. The minimum atomic E-state index is -0.224. The molecular formula is C14H25N5O2S. The first-order valence-corrected chi connectivity index (χ1v) is 8.53. The first-order valence-electron chi connectivity index (χ1n) is 7.71. The molecule has 1 saturated heterocycles. The molecule has 2 N–H and O–H groups in total. The number of aryl methyl sites for hydroxylation is 1. The molecular weight excluding hydrogens is 302 g/mol. The van der Waals surface area contributed by atoms with Gasteiger partial charge in [0.05, 0.1) is 13.2 Å². The maximum absolute atomic E-state index is 12.0. The van der Waals surface area contributed by atoms with Crippen molar-refractivity contribution in [1.82, 2.24) is 20.4 Å². The van der Waals surface area contributed by atoms with Crippen LogP contribution in [0.1, 0.15) is 25.3 Å². The van der Waals surface area contributed by atoms with E-state index in [0.29, 0.717) is 23.6 Å². The molecule has 1 atom stereocenters. The van der Waals surface area contributed by atoms with Crippen molar-refractivity contribution in [2.45, 2.75) is 33.2 Å². The van der Waals surface area contributed by atoms with Crippen LogP contribution in [0.2, 0.25) is 0 Å². The van der Waals surface area contributed by atoms with Crippen molar-refractivity contribution >= 4 is 22.5 Å². The van der Waals surface area contributed by atoms with Crippen LogP contribution in [0.4, 0.5) is 9.93 Å². The van der Waals surface area contributed by atoms with Gasteiger partial charge in [0, 0.05) is 25.7 Å². The first-order chi connectivity index (χ1) is 10.5. The highest BCUT2D eigenvalue weighted by atomic mass is 32.1. The van der Waals surface area contributed by atoms with Crippen molar-refractivity contribution in [3.8, 4) is 0 Å². The summed E-state index contributed by atoms with van der Waals surface area (Å²) >= 11 is 1.37. The van der Waals surface area contributed by atoms with Gasteiger partial charge in [0.25, 0.3) is 0 Å². The van der Waals surface area contributed by atoms with Gasteiger partial charge in [0.2, 0.25) is 5.13 Å². The van der Waals surface area contributed by atoms with Crippen molar-refractivity contribution < 1.29 is 9.53 Å². The fourth-order valence-electron chi connectivity index (χ4n) is 2.55. The molecule has 0 aromatic carbocycles. The second-order valence-electron chi connectivity index (χ2n) is 5.89. The second-order valence-corrected chi connectivity index (χ2v) is 7.07. The maximum Gasteiger partial charge on any atom is 0.321 e. The minimum Gasteiger partial charge on any atom is -0.379 e. The lowest BCUT2D eigenvalue weighted by molar-refractivity contribution is 0.0130. The molecule has 8 heteroatoms. The van der Waals surface area contributed by atoms with Crippen molar-refractivity contribution in [3.05, 3.63) is 5.01 Å². The summed E-state index contributed by atoms with van der Waals surface area (Å²) in [6.45, 7) is 10.3. The van der Waals surface area contributed by atoms with Crippen LogP contribution in [0.15, 0.2) is 0 Å². The predicted molar refractivity (Wildman–Crippen MR) is 87.3 cm³/mol. The van der Waals surface area contributed by atoms with E-state index in [1.54, 1.807) is 0 Å². The fraction of sp³-hybridized carbons (Fsp3) is 0.786. The number of anilines is 1. The lowest BCUT2D eigenvalue weighted by atomic mass is 10.0. The molecule has 124 valence electrons. The standard InChI is InChI=1S/C14H25N5O2S/c1-10(2)8-12(19-4-6-21-7-5-19)9-15-13(20)16-14-18-17-11(3)22-14/h10,12H,4-9H2,1-3H3,(H2,15,16,18,20). The van der Waals surface area contributed by atoms with Crippen molar-refractivity contribution in [3.63, 3.8) is 0 Å². The zero-order valence-electron chi connectivity index (χ0n) is 13.5. The van der Waals surface area contributed by atoms with E-state index in [2.05, 4.69) is 39.6 Å². The third-order valence-electron chi connectivity index (χ3n) is 3.55. The number of carbonyl (C=O) groups is 1. The maximum atomic E-state index is 12.0. The number of ether oxygens (including phenoxy) is 1. The van der Waals surface area contributed by atoms with Crippen molar-refractivity contribution in [2.24, 2.45) is 5.92 Å². The highest BCUT2D eigenvalue weighted by molar-refractivity contribution is 7.15. The summed E-state index contributed by atoms with van der Waals surface area (Å²) in [5, 5.41) is 14.8. The Morgan fingerprint density at radius 3 is 2.68 bits per heavy atom. The molecule has 1 aliphatic rings. The average Bonchev–Trinajstić information content (AvgIpc) is 2.89. The Balaban J connectivity index is 1.82. The van der Waals surface area contributed by atoms with Gasteiger partial charge in [-0.2, -0.15) is 0 Å². The fourth-order valence-corrected chi connectivity index (χ4v) is 3.13. The quantitative estimate of drug-likeness (QED) is 0.831. The number of hydrogen-bond donors (Lipinski definition) is 2. The molecule has 1 unspecified atom stereocenters. The molecule has 0 spiro atoms. The zero-order chi connectivity index (χ0) is 15.9. The molecule has 0 saturated carbocycles. The Bertz CT molecular complexity index is 474. The van der Waals surface area contributed by atoms with Crippen LogP contribution in [0.3, 0.4) is 0 Å². The Morgan fingerprint density at radius 1 is 1.36 bits per heavy atom. The summed E-state index contributed by atoms with van der Waals surface area (Å²) in [5.74, 6) is 0.587. The number of nitrogens with zero attached hydrogens (tertiary/aromatic N) is 3. The van der Waals surface area contributed by atoms with E-state index in [1.807, 2.05) is 6.92 Å². The van der Waals surface area contributed by atoms with E-state index in [9.17, 15) is 4.79 Å². The molecule has 22 heavy (non-hydrogen) atoms. The monoisotopic (exact) mass is 327 g/mol. The Hall–Kier alpha value is -1.25. The van der Waals surface area contributed by atoms with E-state index in [4.69, 9.17) is 4.74 Å². The predicted octanol–water partition coefficient (Wildman–Crippen LogP) is 1.71. The molecule has 1 fully saturated rings. The molecule has 0 aliphatic carbocycles. The molecule has 1 aromatic heterocycles. The topological polar surface area (TPSA) is 79.4 Å². The van der Waals surface area contributed by atoms with Gasteiger partial charge in [-0.3, -0.25) is 10.2 Å². The minimum absolute atomic E-state index is 0.224. The number of urea groups is 1. The van der Waals surface area contributed by atoms with Crippen molar-refractivity contribution in [2.75, 3.05) is 38.2 Å². The number of nitrogens with one attached hydrogen (secondary N) is 2. The van der Waals surface area contributed by atoms with Gasteiger partial charge < -0.3 is 10.1 Å². The number of amides is 2. The largest absolute Gasteiger partial charge is 0.379 e. The average molecular weight is 327 g/mol. The molecule has 0 bridgehead atoms. The van der Waals surface area contributed by atoms with E-state index in [0.717, 1.165) is 37.7 Å². The summed E-state index contributed by atoms with van der Waals surface area (Å²) < 4.78 is 5.41. The second kappa shape index (κ2) is 8.40. The zero-order valence-corrected chi connectivity index (χ0v) is 14.3. The van der Waals surface area contributed by atoms with Crippen LogP contribution in [0.25, 0.3) is 0 Å². The molecule has 2 heterocycles. The van der Waals surface area contributed by atoms with Gasteiger partial charge in [-0.25, -0.2) is 4.79 Å². The van der Waals surface area contributed by atoms with E-state index >= 15 is 0 Å². The Morgan fingerprint density at radius 2 is 2.09 bits per heavy atom. The van der Waals surface area contributed by atoms with Gasteiger partial charge in [-0.1, -0.05) is 25.2 Å². The number of rotatable bonds is 6. The molecule has 2 rings (SSSR count). The van der Waals surface area contributed by atoms with Crippen LogP contribution in [-0.2, 0) is 4.74 Å². The molecule has 1 aliphatic heterocycles. The summed E-state index contributed by atoms with van der Waals surface area (Å²) in [6.07, 6.45) is 1.05. The van der Waals surface area contributed by atoms with Gasteiger partial charge in [0.15, 0.2) is 0 Å². The van der Waals surface area contributed by atoms with E-state index in [-0.39, 0.29) is 6.03 Å². The van der Waals surface area contributed by atoms with Crippen LogP contribution < -0.4 is 10.6 Å². The highest BCUT2D eigenvalue weighted by Crippen LogP contribution is 2.14. The lowest BCUT2D eigenvalue weighted by Crippen LogP contribution is -2.49. The number of carbonyl (C=O) groups excluding carboxylic acids is 1. The molecule has 7 nitrogen and oxygen atoms in total. The van der Waals surface area contributed by atoms with Crippen LogP contribution in [-0.4, -0.2) is 60.0 Å². The van der Waals surface area contributed by atoms with E-state index in [1.165, 1.54) is 11.3 Å². The normalized spacial score (nSPS) is 17.5. The Labute approximate surface area is 135 Å². The SMILES string of the molecule is Cc1nnc(NC(=O)NCC(CC(C)C)N2CCOCC2)s1. The van der Waals surface area contributed by atoms with Crippen molar-refractivity contribution in [1.29, 1.82) is 0 Å². The summed E-state index contributed by atoms with van der Waals surface area (Å²) in [7, 11) is 0. The summed E-state index contributed by atoms with van der Waals surface area (Å²) in [6, 6.07) is 0.115. The molecule has 1 aromatic rings. The first kappa shape index (κ1) is 17.1. The number of hydrogen-bond acceptors (Lipinski definition) is 6.